The fourth-order valence-corrected chi connectivity index (χ4v) is 4.40. The van der Waals surface area contributed by atoms with Crippen LogP contribution in [0.5, 0.6) is 5.75 Å². The topological polar surface area (TPSA) is 79.0 Å². The van der Waals surface area contributed by atoms with Gasteiger partial charge in [-0.25, -0.2) is 8.42 Å². The van der Waals surface area contributed by atoms with Crippen LogP contribution >= 0.6 is 0 Å². The Labute approximate surface area is 172 Å². The molecule has 8 heteroatoms. The number of hydrogen-bond acceptors (Lipinski definition) is 5. The fourth-order valence-electron chi connectivity index (χ4n) is 3.58. The zero-order valence-corrected chi connectivity index (χ0v) is 17.8. The van der Waals surface area contributed by atoms with Crippen molar-refractivity contribution in [2.45, 2.75) is 13.0 Å². The molecule has 2 aromatic carbocycles. The highest BCUT2D eigenvalue weighted by Crippen LogP contribution is 2.29. The van der Waals surface area contributed by atoms with Gasteiger partial charge in [0.05, 0.1) is 19.1 Å². The summed E-state index contributed by atoms with van der Waals surface area (Å²) in [7, 11) is -1.66. The molecular formula is C21H27N3O4S. The molecule has 3 rings (SSSR count). The maximum atomic E-state index is 13.3. The molecule has 0 aliphatic carbocycles. The first-order valence-corrected chi connectivity index (χ1v) is 11.3. The minimum atomic E-state index is -3.23. The van der Waals surface area contributed by atoms with Gasteiger partial charge in [0.15, 0.2) is 0 Å². The number of amides is 1. The van der Waals surface area contributed by atoms with Gasteiger partial charge in [0.25, 0.3) is 0 Å². The molecule has 0 spiro atoms. The number of anilines is 1. The van der Waals surface area contributed by atoms with Crippen LogP contribution < -0.4 is 10.1 Å². The van der Waals surface area contributed by atoms with Crippen molar-refractivity contribution in [3.8, 4) is 5.75 Å². The largest absolute Gasteiger partial charge is 0.495 e. The zero-order chi connectivity index (χ0) is 21.0. The Hall–Kier alpha value is -2.42. The summed E-state index contributed by atoms with van der Waals surface area (Å²) in [5, 5.41) is 3.00. The number of nitrogens with one attached hydrogen (secondary N) is 1. The van der Waals surface area contributed by atoms with Gasteiger partial charge in [-0.15, -0.1) is 0 Å². The molecule has 156 valence electrons. The molecule has 29 heavy (non-hydrogen) atoms. The molecule has 1 unspecified atom stereocenters. The second-order valence-electron chi connectivity index (χ2n) is 7.20. The van der Waals surface area contributed by atoms with E-state index in [2.05, 4.69) is 5.32 Å². The highest BCUT2D eigenvalue weighted by molar-refractivity contribution is 7.88. The zero-order valence-electron chi connectivity index (χ0n) is 17.0. The molecule has 7 nitrogen and oxygen atoms in total. The molecule has 1 fully saturated rings. The Balaban J connectivity index is 1.85. The number of carbonyl (C=O) groups excluding carboxylic acids is 1. The SMILES string of the molecule is COc1ccc(C)cc1NC(=O)C(c1ccccc1)N1CCN(S(C)(=O)=O)CC1. The molecule has 2 aromatic rings. The Kier molecular flexibility index (Phi) is 6.56. The van der Waals surface area contributed by atoms with Crippen molar-refractivity contribution in [3.63, 3.8) is 0 Å². The van der Waals surface area contributed by atoms with Gasteiger partial charge in [0.2, 0.25) is 15.9 Å². The van der Waals surface area contributed by atoms with E-state index in [0.717, 1.165) is 11.1 Å². The number of nitrogens with zero attached hydrogens (tertiary/aromatic N) is 2. The number of piperazine rings is 1. The third kappa shape index (κ3) is 5.14. The number of rotatable bonds is 6. The third-order valence-corrected chi connectivity index (χ3v) is 6.39. The average Bonchev–Trinajstić information content (AvgIpc) is 2.69. The van der Waals surface area contributed by atoms with Crippen LogP contribution in [0, 0.1) is 6.92 Å². The minimum Gasteiger partial charge on any atom is -0.495 e. The first-order chi connectivity index (χ1) is 13.8. The van der Waals surface area contributed by atoms with Gasteiger partial charge in [0, 0.05) is 26.2 Å². The fraction of sp³-hybridized carbons (Fsp3) is 0.381. The van der Waals surface area contributed by atoms with Crippen LogP contribution in [-0.4, -0.2) is 63.1 Å². The maximum absolute atomic E-state index is 13.3. The van der Waals surface area contributed by atoms with Crippen molar-refractivity contribution in [2.75, 3.05) is 44.9 Å². The normalized spacial score (nSPS) is 16.9. The second kappa shape index (κ2) is 8.94. The average molecular weight is 418 g/mol. The van der Waals surface area contributed by atoms with E-state index in [-0.39, 0.29) is 5.91 Å². The molecule has 1 amide bonds. The molecule has 1 heterocycles. The molecule has 1 aliphatic heterocycles. The number of hydrogen-bond donors (Lipinski definition) is 1. The molecule has 1 aliphatic rings. The standard InChI is InChI=1S/C21H27N3O4S/c1-16-9-10-19(28-2)18(15-16)22-21(25)20(17-7-5-4-6-8-17)23-11-13-24(14-12-23)29(3,26)27/h4-10,15,20H,11-14H2,1-3H3,(H,22,25). The van der Waals surface area contributed by atoms with E-state index in [1.165, 1.54) is 10.6 Å². The van der Waals surface area contributed by atoms with Gasteiger partial charge < -0.3 is 10.1 Å². The van der Waals surface area contributed by atoms with Crippen LogP contribution in [-0.2, 0) is 14.8 Å². The number of carbonyl (C=O) groups is 1. The van der Waals surface area contributed by atoms with Crippen LogP contribution in [0.2, 0.25) is 0 Å². The summed E-state index contributed by atoms with van der Waals surface area (Å²) in [4.78, 5) is 15.4. The molecule has 0 saturated carbocycles. The lowest BCUT2D eigenvalue weighted by Crippen LogP contribution is -2.51. The number of aryl methyl sites for hydroxylation is 1. The summed E-state index contributed by atoms with van der Waals surface area (Å²) in [6, 6.07) is 14.6. The Morgan fingerprint density at radius 1 is 1.07 bits per heavy atom. The Morgan fingerprint density at radius 3 is 2.31 bits per heavy atom. The molecule has 1 saturated heterocycles. The lowest BCUT2D eigenvalue weighted by molar-refractivity contribution is -0.122. The third-order valence-electron chi connectivity index (χ3n) is 5.08. The van der Waals surface area contributed by atoms with Crippen molar-refractivity contribution >= 4 is 21.6 Å². The van der Waals surface area contributed by atoms with E-state index in [1.54, 1.807) is 7.11 Å². The van der Waals surface area contributed by atoms with Crippen molar-refractivity contribution in [2.24, 2.45) is 0 Å². The lowest BCUT2D eigenvalue weighted by atomic mass is 10.0. The van der Waals surface area contributed by atoms with Crippen LogP contribution in [0.15, 0.2) is 48.5 Å². The number of methoxy groups -OCH3 is 1. The van der Waals surface area contributed by atoms with E-state index in [9.17, 15) is 13.2 Å². The summed E-state index contributed by atoms with van der Waals surface area (Å²) >= 11 is 0. The maximum Gasteiger partial charge on any atom is 0.246 e. The van der Waals surface area contributed by atoms with E-state index >= 15 is 0 Å². The van der Waals surface area contributed by atoms with Crippen LogP contribution in [0.1, 0.15) is 17.2 Å². The highest BCUT2D eigenvalue weighted by atomic mass is 32.2. The molecule has 0 aromatic heterocycles. The van der Waals surface area contributed by atoms with E-state index in [4.69, 9.17) is 4.74 Å². The molecule has 1 atom stereocenters. The lowest BCUT2D eigenvalue weighted by Gasteiger charge is -2.37. The molecule has 0 radical (unpaired) electrons. The highest BCUT2D eigenvalue weighted by Gasteiger charge is 2.32. The van der Waals surface area contributed by atoms with Gasteiger partial charge in [-0.2, -0.15) is 4.31 Å². The summed E-state index contributed by atoms with van der Waals surface area (Å²) in [5.74, 6) is 0.422. The van der Waals surface area contributed by atoms with Crippen LogP contribution in [0.4, 0.5) is 5.69 Å². The van der Waals surface area contributed by atoms with E-state index < -0.39 is 16.1 Å². The van der Waals surface area contributed by atoms with Crippen molar-refractivity contribution in [1.29, 1.82) is 0 Å². The van der Waals surface area contributed by atoms with Gasteiger partial charge in [-0.1, -0.05) is 36.4 Å². The second-order valence-corrected chi connectivity index (χ2v) is 9.19. The van der Waals surface area contributed by atoms with Crippen molar-refractivity contribution < 1.29 is 17.9 Å². The Bertz CT molecular complexity index is 955. The van der Waals surface area contributed by atoms with E-state index in [0.29, 0.717) is 37.6 Å². The predicted molar refractivity (Wildman–Crippen MR) is 114 cm³/mol. The summed E-state index contributed by atoms with van der Waals surface area (Å²) in [5.41, 5.74) is 2.50. The summed E-state index contributed by atoms with van der Waals surface area (Å²) < 4.78 is 30.5. The summed E-state index contributed by atoms with van der Waals surface area (Å²) in [6.07, 6.45) is 1.22. The van der Waals surface area contributed by atoms with Crippen LogP contribution in [0.3, 0.4) is 0 Å². The predicted octanol–water partition coefficient (Wildman–Crippen LogP) is 2.26. The smallest absolute Gasteiger partial charge is 0.246 e. The molecule has 1 N–H and O–H groups in total. The Morgan fingerprint density at radius 2 is 1.72 bits per heavy atom. The first kappa shape index (κ1) is 21.3. The van der Waals surface area contributed by atoms with E-state index in [1.807, 2.05) is 60.4 Å². The first-order valence-electron chi connectivity index (χ1n) is 9.49. The minimum absolute atomic E-state index is 0.173. The number of ether oxygens (including phenoxy) is 1. The van der Waals surface area contributed by atoms with Crippen LogP contribution in [0.25, 0.3) is 0 Å². The van der Waals surface area contributed by atoms with Gasteiger partial charge in [-0.3, -0.25) is 9.69 Å². The monoisotopic (exact) mass is 417 g/mol. The van der Waals surface area contributed by atoms with Crippen molar-refractivity contribution in [1.82, 2.24) is 9.21 Å². The van der Waals surface area contributed by atoms with Gasteiger partial charge in [-0.05, 0) is 30.2 Å². The van der Waals surface area contributed by atoms with Gasteiger partial charge in [0.1, 0.15) is 11.8 Å². The number of sulfonamides is 1. The molecular weight excluding hydrogens is 390 g/mol. The van der Waals surface area contributed by atoms with Gasteiger partial charge >= 0.3 is 0 Å². The quantitative estimate of drug-likeness (QED) is 0.780. The molecule has 0 bridgehead atoms. The van der Waals surface area contributed by atoms with Crippen molar-refractivity contribution in [3.05, 3.63) is 59.7 Å². The number of benzene rings is 2. The summed E-state index contributed by atoms with van der Waals surface area (Å²) in [6.45, 7) is 3.64.